The quantitative estimate of drug-likeness (QED) is 0.940. The van der Waals surface area contributed by atoms with Crippen LogP contribution in [0.3, 0.4) is 0 Å². The van der Waals surface area contributed by atoms with E-state index in [1.54, 1.807) is 23.0 Å². The van der Waals surface area contributed by atoms with Crippen molar-refractivity contribution in [1.29, 1.82) is 0 Å². The molecule has 1 saturated carbocycles. The zero-order valence-electron chi connectivity index (χ0n) is 13.5. The van der Waals surface area contributed by atoms with E-state index in [2.05, 4.69) is 15.3 Å². The van der Waals surface area contributed by atoms with Crippen molar-refractivity contribution in [1.82, 2.24) is 20.0 Å². The normalized spacial score (nSPS) is 20.5. The summed E-state index contributed by atoms with van der Waals surface area (Å²) in [6.45, 7) is 1.99. The average molecular weight is 328 g/mol. The van der Waals surface area contributed by atoms with Gasteiger partial charge in [-0.1, -0.05) is 12.8 Å². The van der Waals surface area contributed by atoms with Crippen molar-refractivity contribution in [3.05, 3.63) is 48.0 Å². The number of carbonyl (C=O) groups excluding carboxylic acids is 1. The zero-order valence-corrected chi connectivity index (χ0v) is 13.5. The molecule has 1 spiro atoms. The van der Waals surface area contributed by atoms with Crippen LogP contribution in [-0.2, 0) is 11.3 Å². The topological polar surface area (TPSA) is 50.2 Å². The second-order valence-corrected chi connectivity index (χ2v) is 6.64. The lowest BCUT2D eigenvalue weighted by Gasteiger charge is -2.44. The van der Waals surface area contributed by atoms with Crippen molar-refractivity contribution < 1.29 is 9.18 Å². The monoisotopic (exact) mass is 328 g/mol. The van der Waals surface area contributed by atoms with Crippen LogP contribution < -0.4 is 5.32 Å². The first-order chi connectivity index (χ1) is 11.7. The molecule has 0 unspecified atom stereocenters. The van der Waals surface area contributed by atoms with Crippen LogP contribution in [0.2, 0.25) is 0 Å². The maximum atomic E-state index is 13.9. The number of nitrogens with zero attached hydrogens (tertiary/aromatic N) is 3. The third-order valence-corrected chi connectivity index (χ3v) is 5.28. The van der Waals surface area contributed by atoms with Gasteiger partial charge in [0, 0.05) is 32.0 Å². The molecule has 2 aliphatic rings. The number of nitrogens with one attached hydrogen (secondary N) is 1. The molecule has 1 aromatic carbocycles. The summed E-state index contributed by atoms with van der Waals surface area (Å²) in [5, 5.41) is 7.28. The predicted octanol–water partition coefficient (Wildman–Crippen LogP) is 2.26. The molecule has 1 saturated heterocycles. The Balaban J connectivity index is 1.69. The summed E-state index contributed by atoms with van der Waals surface area (Å²) in [6.07, 6.45) is 7.46. The summed E-state index contributed by atoms with van der Waals surface area (Å²) >= 11 is 0. The largest absolute Gasteiger partial charge is 0.353 e. The van der Waals surface area contributed by atoms with E-state index in [0.717, 1.165) is 43.5 Å². The summed E-state index contributed by atoms with van der Waals surface area (Å²) in [5.74, 6) is -0.133. The van der Waals surface area contributed by atoms with E-state index in [1.165, 1.54) is 6.07 Å². The Hall–Kier alpha value is -2.21. The lowest BCUT2D eigenvalue weighted by molar-refractivity contribution is -0.137. The molecule has 2 heterocycles. The molecular weight excluding hydrogens is 307 g/mol. The maximum Gasteiger partial charge on any atom is 0.240 e. The minimum absolute atomic E-state index is 0.128. The van der Waals surface area contributed by atoms with Gasteiger partial charge in [0.05, 0.1) is 5.69 Å². The molecule has 4 rings (SSSR count). The van der Waals surface area contributed by atoms with E-state index in [1.807, 2.05) is 12.3 Å². The fourth-order valence-electron chi connectivity index (χ4n) is 4.08. The maximum absolute atomic E-state index is 13.9. The molecule has 0 radical (unpaired) electrons. The van der Waals surface area contributed by atoms with E-state index in [9.17, 15) is 9.18 Å². The Morgan fingerprint density at radius 3 is 2.88 bits per heavy atom. The van der Waals surface area contributed by atoms with Gasteiger partial charge in [-0.25, -0.2) is 9.07 Å². The highest BCUT2D eigenvalue weighted by atomic mass is 19.1. The second-order valence-electron chi connectivity index (χ2n) is 6.64. The summed E-state index contributed by atoms with van der Waals surface area (Å²) in [7, 11) is 0. The van der Waals surface area contributed by atoms with E-state index >= 15 is 0 Å². The van der Waals surface area contributed by atoms with Gasteiger partial charge in [-0.05, 0) is 42.7 Å². The molecule has 1 aromatic heterocycles. The number of rotatable bonds is 3. The van der Waals surface area contributed by atoms with Gasteiger partial charge in [-0.3, -0.25) is 9.69 Å². The Morgan fingerprint density at radius 1 is 1.29 bits per heavy atom. The number of benzene rings is 1. The smallest absolute Gasteiger partial charge is 0.240 e. The second kappa shape index (κ2) is 6.02. The van der Waals surface area contributed by atoms with Crippen LogP contribution in [0.15, 0.2) is 36.7 Å². The SMILES string of the molecule is O=C1NCCN(Cc2cc(F)ccc2-n2cccn2)C12CCCC2. The standard InChI is InChI=1S/C18H21FN4O/c19-15-4-5-16(23-10-3-8-21-23)14(12-15)13-22-11-9-20-17(24)18(22)6-1-2-7-18/h3-5,8,10,12H,1-2,6-7,9,11,13H2,(H,20,24). The van der Waals surface area contributed by atoms with Crippen LogP contribution in [0.25, 0.3) is 5.69 Å². The van der Waals surface area contributed by atoms with Crippen LogP contribution in [0.4, 0.5) is 4.39 Å². The fourth-order valence-corrected chi connectivity index (χ4v) is 4.08. The van der Waals surface area contributed by atoms with Crippen LogP contribution in [-0.4, -0.2) is 39.2 Å². The molecule has 1 aliphatic heterocycles. The van der Waals surface area contributed by atoms with E-state index in [0.29, 0.717) is 13.1 Å². The van der Waals surface area contributed by atoms with Crippen LogP contribution in [0.5, 0.6) is 0 Å². The number of piperazine rings is 1. The van der Waals surface area contributed by atoms with Gasteiger partial charge in [0.2, 0.25) is 5.91 Å². The molecule has 6 heteroatoms. The minimum Gasteiger partial charge on any atom is -0.353 e. The van der Waals surface area contributed by atoms with Crippen molar-refractivity contribution in [2.24, 2.45) is 0 Å². The van der Waals surface area contributed by atoms with Crippen molar-refractivity contribution in [2.75, 3.05) is 13.1 Å². The van der Waals surface area contributed by atoms with E-state index < -0.39 is 5.54 Å². The highest BCUT2D eigenvalue weighted by Crippen LogP contribution is 2.38. The predicted molar refractivity (Wildman–Crippen MR) is 88.1 cm³/mol. The Kier molecular flexibility index (Phi) is 3.84. The zero-order chi connectivity index (χ0) is 16.6. The van der Waals surface area contributed by atoms with Gasteiger partial charge in [-0.2, -0.15) is 5.10 Å². The minimum atomic E-state index is -0.425. The van der Waals surface area contributed by atoms with Crippen LogP contribution in [0, 0.1) is 5.82 Å². The highest BCUT2D eigenvalue weighted by Gasteiger charge is 2.47. The number of aromatic nitrogens is 2. The lowest BCUT2D eigenvalue weighted by Crippen LogP contribution is -2.63. The third-order valence-electron chi connectivity index (χ3n) is 5.28. The first-order valence-corrected chi connectivity index (χ1v) is 8.51. The number of hydrogen-bond donors (Lipinski definition) is 1. The van der Waals surface area contributed by atoms with E-state index in [-0.39, 0.29) is 11.7 Å². The van der Waals surface area contributed by atoms with Crippen molar-refractivity contribution in [3.8, 4) is 5.69 Å². The Bertz CT molecular complexity index is 737. The first-order valence-electron chi connectivity index (χ1n) is 8.51. The number of carbonyl (C=O) groups is 1. The number of halogens is 1. The molecule has 1 N–H and O–H groups in total. The highest BCUT2D eigenvalue weighted by molar-refractivity contribution is 5.87. The molecular formula is C18H21FN4O. The molecule has 24 heavy (non-hydrogen) atoms. The van der Waals surface area contributed by atoms with Crippen molar-refractivity contribution >= 4 is 5.91 Å². The number of hydrogen-bond acceptors (Lipinski definition) is 3. The fraction of sp³-hybridized carbons (Fsp3) is 0.444. The van der Waals surface area contributed by atoms with Crippen LogP contribution >= 0.6 is 0 Å². The van der Waals surface area contributed by atoms with Crippen LogP contribution in [0.1, 0.15) is 31.2 Å². The Morgan fingerprint density at radius 2 is 2.12 bits per heavy atom. The molecule has 1 amide bonds. The van der Waals surface area contributed by atoms with E-state index in [4.69, 9.17) is 0 Å². The first kappa shape index (κ1) is 15.3. The summed E-state index contributed by atoms with van der Waals surface area (Å²) in [5.41, 5.74) is 1.30. The van der Waals surface area contributed by atoms with Gasteiger partial charge in [0.15, 0.2) is 0 Å². The molecule has 0 atom stereocenters. The van der Waals surface area contributed by atoms with Gasteiger partial charge < -0.3 is 5.32 Å². The van der Waals surface area contributed by atoms with Crippen molar-refractivity contribution in [2.45, 2.75) is 37.8 Å². The molecule has 5 nitrogen and oxygen atoms in total. The van der Waals surface area contributed by atoms with Gasteiger partial charge in [0.25, 0.3) is 0 Å². The molecule has 1 aliphatic carbocycles. The molecule has 2 fully saturated rings. The van der Waals surface area contributed by atoms with Crippen molar-refractivity contribution in [3.63, 3.8) is 0 Å². The summed E-state index contributed by atoms with van der Waals surface area (Å²) in [6, 6.07) is 6.61. The summed E-state index contributed by atoms with van der Waals surface area (Å²) in [4.78, 5) is 14.8. The molecule has 2 aromatic rings. The lowest BCUT2D eigenvalue weighted by atomic mass is 9.91. The third kappa shape index (κ3) is 2.51. The summed E-state index contributed by atoms with van der Waals surface area (Å²) < 4.78 is 15.6. The van der Waals surface area contributed by atoms with Gasteiger partial charge >= 0.3 is 0 Å². The van der Waals surface area contributed by atoms with Gasteiger partial charge in [0.1, 0.15) is 11.4 Å². The molecule has 126 valence electrons. The van der Waals surface area contributed by atoms with Gasteiger partial charge in [-0.15, -0.1) is 0 Å². The average Bonchev–Trinajstić information content (AvgIpc) is 3.25. The molecule has 0 bridgehead atoms. The number of amides is 1. The Labute approximate surface area is 140 Å².